The Kier molecular flexibility index (Phi) is 7.07. The Morgan fingerprint density at radius 2 is 1.67 bits per heavy atom. The fraction of sp³-hybridized carbons (Fsp3) is 0.941. The van der Waals surface area contributed by atoms with Crippen LogP contribution in [-0.2, 0) is 14.8 Å². The quantitative estimate of drug-likeness (QED) is 0.779. The first-order valence-corrected chi connectivity index (χ1v) is 11.0. The van der Waals surface area contributed by atoms with E-state index in [4.69, 9.17) is 0 Å². The third-order valence-electron chi connectivity index (χ3n) is 5.63. The van der Waals surface area contributed by atoms with Crippen LogP contribution in [-0.4, -0.2) is 67.5 Å². The van der Waals surface area contributed by atoms with Gasteiger partial charge in [-0.05, 0) is 46.5 Å². The van der Waals surface area contributed by atoms with E-state index in [9.17, 15) is 13.2 Å². The predicted octanol–water partition coefficient (Wildman–Crippen LogP) is 1.43. The molecule has 0 bridgehead atoms. The van der Waals surface area contributed by atoms with E-state index < -0.39 is 10.0 Å². The molecule has 24 heavy (non-hydrogen) atoms. The lowest BCUT2D eigenvalue weighted by atomic mass is 9.97. The minimum Gasteiger partial charge on any atom is -0.355 e. The smallest absolute Gasteiger partial charge is 0.223 e. The number of likely N-dealkylation sites (tertiary alicyclic amines) is 1. The van der Waals surface area contributed by atoms with Crippen molar-refractivity contribution in [1.29, 1.82) is 0 Å². The lowest BCUT2D eigenvalue weighted by Crippen LogP contribution is -2.48. The van der Waals surface area contributed by atoms with Crippen molar-refractivity contribution in [2.75, 3.05) is 31.9 Å². The summed E-state index contributed by atoms with van der Waals surface area (Å²) in [7, 11) is -3.12. The Labute approximate surface area is 147 Å². The van der Waals surface area contributed by atoms with Gasteiger partial charge in [-0.2, -0.15) is 0 Å². The summed E-state index contributed by atoms with van der Waals surface area (Å²) in [6.07, 6.45) is 5.03. The first-order valence-electron chi connectivity index (χ1n) is 9.36. The summed E-state index contributed by atoms with van der Waals surface area (Å²) in [5.74, 6) is 0.168. The Morgan fingerprint density at radius 3 is 2.21 bits per heavy atom. The third kappa shape index (κ3) is 4.92. The molecule has 0 spiro atoms. The number of nitrogens with one attached hydrogen (secondary N) is 1. The van der Waals surface area contributed by atoms with Crippen LogP contribution in [0.4, 0.5) is 0 Å². The van der Waals surface area contributed by atoms with E-state index in [1.807, 2.05) is 0 Å². The maximum absolute atomic E-state index is 12.3. The Bertz CT molecular complexity index is 505. The highest BCUT2D eigenvalue weighted by Gasteiger charge is 2.30. The van der Waals surface area contributed by atoms with Crippen LogP contribution in [0.2, 0.25) is 0 Å². The summed E-state index contributed by atoms with van der Waals surface area (Å²) in [6.45, 7) is 8.71. The lowest BCUT2D eigenvalue weighted by Gasteiger charge is -2.39. The molecule has 0 unspecified atom stereocenters. The van der Waals surface area contributed by atoms with Crippen LogP contribution in [0.5, 0.6) is 0 Å². The third-order valence-corrected chi connectivity index (χ3v) is 7.51. The van der Waals surface area contributed by atoms with Gasteiger partial charge in [0.15, 0.2) is 0 Å². The number of nitrogens with zero attached hydrogens (tertiary/aromatic N) is 2. The van der Waals surface area contributed by atoms with E-state index >= 15 is 0 Å². The van der Waals surface area contributed by atoms with Gasteiger partial charge in [-0.3, -0.25) is 9.69 Å². The normalized spacial score (nSPS) is 28.0. The van der Waals surface area contributed by atoms with Crippen molar-refractivity contribution in [3.8, 4) is 0 Å². The number of rotatable bonds is 6. The first kappa shape index (κ1) is 19.7. The van der Waals surface area contributed by atoms with Crippen molar-refractivity contribution in [2.45, 2.75) is 65.0 Å². The molecule has 0 radical (unpaired) electrons. The van der Waals surface area contributed by atoms with E-state index in [1.54, 1.807) is 6.92 Å². The van der Waals surface area contributed by atoms with Crippen LogP contribution in [0.15, 0.2) is 0 Å². The number of carbonyl (C=O) groups is 1. The average Bonchev–Trinajstić information content (AvgIpc) is 2.57. The molecular formula is C17H33N3O3S. The van der Waals surface area contributed by atoms with Gasteiger partial charge in [0, 0.05) is 44.2 Å². The van der Waals surface area contributed by atoms with Gasteiger partial charge in [-0.25, -0.2) is 12.7 Å². The van der Waals surface area contributed by atoms with Gasteiger partial charge in [0.25, 0.3) is 0 Å². The summed E-state index contributed by atoms with van der Waals surface area (Å²) in [5, 5.41) is 3.06. The Hall–Kier alpha value is -0.660. The van der Waals surface area contributed by atoms with Gasteiger partial charge in [0.2, 0.25) is 15.9 Å². The number of hydrogen-bond acceptors (Lipinski definition) is 4. The van der Waals surface area contributed by atoms with Crippen LogP contribution in [0.25, 0.3) is 0 Å². The molecule has 1 amide bonds. The van der Waals surface area contributed by atoms with Crippen molar-refractivity contribution in [3.63, 3.8) is 0 Å². The van der Waals surface area contributed by atoms with Crippen molar-refractivity contribution < 1.29 is 13.2 Å². The molecule has 2 aliphatic rings. The zero-order valence-electron chi connectivity index (χ0n) is 15.3. The number of amides is 1. The van der Waals surface area contributed by atoms with Gasteiger partial charge in [0.1, 0.15) is 0 Å². The van der Waals surface area contributed by atoms with E-state index in [1.165, 1.54) is 23.6 Å². The van der Waals surface area contributed by atoms with Gasteiger partial charge < -0.3 is 5.32 Å². The monoisotopic (exact) mass is 359 g/mol. The van der Waals surface area contributed by atoms with Crippen molar-refractivity contribution in [3.05, 3.63) is 0 Å². The van der Waals surface area contributed by atoms with Gasteiger partial charge in [-0.15, -0.1) is 0 Å². The van der Waals surface area contributed by atoms with Crippen LogP contribution in [0.3, 0.4) is 0 Å². The highest BCUT2D eigenvalue weighted by Crippen LogP contribution is 2.22. The molecule has 0 saturated carbocycles. The summed E-state index contributed by atoms with van der Waals surface area (Å²) < 4.78 is 25.2. The lowest BCUT2D eigenvalue weighted by molar-refractivity contribution is -0.126. The van der Waals surface area contributed by atoms with E-state index in [0.717, 1.165) is 6.54 Å². The molecule has 0 aromatic carbocycles. The predicted molar refractivity (Wildman–Crippen MR) is 96.2 cm³/mol. The van der Waals surface area contributed by atoms with E-state index in [2.05, 4.69) is 24.1 Å². The number of carbonyl (C=O) groups excluding carboxylic acids is 1. The highest BCUT2D eigenvalue weighted by atomic mass is 32.2. The number of sulfonamides is 1. The topological polar surface area (TPSA) is 69.7 Å². The summed E-state index contributed by atoms with van der Waals surface area (Å²) in [4.78, 5) is 14.8. The maximum atomic E-state index is 12.3. The Morgan fingerprint density at radius 1 is 1.08 bits per heavy atom. The molecule has 7 heteroatoms. The number of piperidine rings is 2. The highest BCUT2D eigenvalue weighted by molar-refractivity contribution is 7.89. The van der Waals surface area contributed by atoms with Crippen molar-refractivity contribution in [2.24, 2.45) is 5.92 Å². The fourth-order valence-electron chi connectivity index (χ4n) is 3.95. The summed E-state index contributed by atoms with van der Waals surface area (Å²) >= 11 is 0. The summed E-state index contributed by atoms with van der Waals surface area (Å²) in [5.41, 5.74) is 0. The SMILES string of the molecule is CCS(=O)(=O)N1CCC(C(=O)NCCN2[C@H](C)CCC[C@H]2C)CC1. The molecule has 2 rings (SSSR count). The minimum atomic E-state index is -3.12. The van der Waals surface area contributed by atoms with Crippen LogP contribution in [0.1, 0.15) is 52.9 Å². The van der Waals surface area contributed by atoms with E-state index in [0.29, 0.717) is 44.6 Å². The van der Waals surface area contributed by atoms with Crippen LogP contribution >= 0.6 is 0 Å². The zero-order valence-corrected chi connectivity index (χ0v) is 16.1. The molecule has 2 heterocycles. The van der Waals surface area contributed by atoms with Crippen LogP contribution in [0, 0.1) is 5.92 Å². The molecule has 0 aromatic rings. The summed E-state index contributed by atoms with van der Waals surface area (Å²) in [6, 6.07) is 1.18. The van der Waals surface area contributed by atoms with Gasteiger partial charge in [-0.1, -0.05) is 6.42 Å². The largest absolute Gasteiger partial charge is 0.355 e. The molecule has 1 N–H and O–H groups in total. The molecule has 140 valence electrons. The molecule has 2 aliphatic heterocycles. The molecular weight excluding hydrogens is 326 g/mol. The molecule has 0 aromatic heterocycles. The van der Waals surface area contributed by atoms with Gasteiger partial charge >= 0.3 is 0 Å². The second-order valence-electron chi connectivity index (χ2n) is 7.23. The molecule has 6 nitrogen and oxygen atoms in total. The average molecular weight is 360 g/mol. The van der Waals surface area contributed by atoms with Crippen LogP contribution < -0.4 is 5.32 Å². The van der Waals surface area contributed by atoms with Gasteiger partial charge in [0.05, 0.1) is 5.75 Å². The molecule has 2 fully saturated rings. The minimum absolute atomic E-state index is 0.0514. The number of hydrogen-bond donors (Lipinski definition) is 1. The molecule has 0 aliphatic carbocycles. The van der Waals surface area contributed by atoms with E-state index in [-0.39, 0.29) is 17.6 Å². The van der Waals surface area contributed by atoms with Crippen molar-refractivity contribution in [1.82, 2.24) is 14.5 Å². The zero-order chi connectivity index (χ0) is 17.7. The van der Waals surface area contributed by atoms with Crippen molar-refractivity contribution >= 4 is 15.9 Å². The maximum Gasteiger partial charge on any atom is 0.223 e. The standard InChI is InChI=1S/C17H33N3O3S/c1-4-24(22,23)19-11-8-16(9-12-19)17(21)18-10-13-20-14(2)6-5-7-15(20)3/h14-16H,4-13H2,1-3H3,(H,18,21)/t14-,15-/m1/s1. The second-order valence-corrected chi connectivity index (χ2v) is 9.49. The second kappa shape index (κ2) is 8.63. The molecule has 2 atom stereocenters. The first-order chi connectivity index (χ1) is 11.3. The molecule has 2 saturated heterocycles. The fourth-order valence-corrected chi connectivity index (χ4v) is 5.08. The Balaban J connectivity index is 1.72.